The van der Waals surface area contributed by atoms with Crippen molar-refractivity contribution in [2.75, 3.05) is 0 Å². The van der Waals surface area contributed by atoms with Crippen LogP contribution < -0.4 is 0 Å². The molecule has 0 amide bonds. The fraction of sp³-hybridized carbons (Fsp3) is 0.889. The van der Waals surface area contributed by atoms with Gasteiger partial charge in [0.1, 0.15) is 6.10 Å². The summed E-state index contributed by atoms with van der Waals surface area (Å²) in [5, 5.41) is 1.14. The van der Waals surface area contributed by atoms with Gasteiger partial charge in [-0.3, -0.25) is 4.79 Å². The summed E-state index contributed by atoms with van der Waals surface area (Å²) in [6.07, 6.45) is 1.27. The van der Waals surface area contributed by atoms with Gasteiger partial charge in [0, 0.05) is 11.2 Å². The van der Waals surface area contributed by atoms with Crippen LogP contribution in [0.5, 0.6) is 0 Å². The highest BCUT2D eigenvalue weighted by Crippen LogP contribution is 2.63. The topological polar surface area (TPSA) is 26.3 Å². The fourth-order valence-electron chi connectivity index (χ4n) is 2.78. The molecule has 2 nitrogen and oxygen atoms in total. The summed E-state index contributed by atoms with van der Waals surface area (Å²) in [6.45, 7) is 4.28. The van der Waals surface area contributed by atoms with Gasteiger partial charge in [0.2, 0.25) is 0 Å². The molecule has 3 heterocycles. The molecule has 3 fully saturated rings. The van der Waals surface area contributed by atoms with Crippen molar-refractivity contribution in [2.24, 2.45) is 11.3 Å². The Labute approximate surface area is 76.0 Å². The molecule has 3 aliphatic heterocycles. The molecule has 0 aromatic heterocycles. The van der Waals surface area contributed by atoms with E-state index in [-0.39, 0.29) is 17.5 Å². The number of fused-ring (bicyclic) bond motifs is 1. The highest BCUT2D eigenvalue weighted by Gasteiger charge is 2.67. The van der Waals surface area contributed by atoms with Gasteiger partial charge in [-0.25, -0.2) is 0 Å². The van der Waals surface area contributed by atoms with Crippen LogP contribution in [0.1, 0.15) is 20.3 Å². The first-order valence-electron chi connectivity index (χ1n) is 4.49. The van der Waals surface area contributed by atoms with E-state index in [1.54, 1.807) is 0 Å². The molecule has 0 spiro atoms. The van der Waals surface area contributed by atoms with Crippen LogP contribution >= 0.6 is 11.8 Å². The SMILES string of the molecule is C[C@H]1C2OC(=O)[C@]3(C)C[C@H]1SC23. The van der Waals surface area contributed by atoms with Crippen molar-refractivity contribution in [1.82, 2.24) is 0 Å². The van der Waals surface area contributed by atoms with Crippen LogP contribution in [-0.4, -0.2) is 22.6 Å². The van der Waals surface area contributed by atoms with Crippen molar-refractivity contribution in [2.45, 2.75) is 36.9 Å². The Morgan fingerprint density at radius 1 is 1.67 bits per heavy atom. The first-order chi connectivity index (χ1) is 5.63. The number of rotatable bonds is 0. The fourth-order valence-corrected chi connectivity index (χ4v) is 4.96. The lowest BCUT2D eigenvalue weighted by molar-refractivity contribution is -0.147. The highest BCUT2D eigenvalue weighted by atomic mass is 32.2. The summed E-state index contributed by atoms with van der Waals surface area (Å²) in [5.74, 6) is 0.636. The molecule has 0 saturated carbocycles. The van der Waals surface area contributed by atoms with Gasteiger partial charge in [-0.1, -0.05) is 6.92 Å². The number of hydrogen-bond donors (Lipinski definition) is 0. The Balaban J connectivity index is 2.09. The molecule has 3 saturated heterocycles. The van der Waals surface area contributed by atoms with Crippen LogP contribution in [0.4, 0.5) is 0 Å². The van der Waals surface area contributed by atoms with Crippen molar-refractivity contribution in [3.63, 3.8) is 0 Å². The zero-order valence-corrected chi connectivity index (χ0v) is 8.06. The lowest BCUT2D eigenvalue weighted by Gasteiger charge is -2.25. The number of carbonyl (C=O) groups excluding carboxylic acids is 1. The first kappa shape index (κ1) is 7.25. The van der Waals surface area contributed by atoms with E-state index >= 15 is 0 Å². The highest BCUT2D eigenvalue weighted by molar-refractivity contribution is 8.01. The van der Waals surface area contributed by atoms with Gasteiger partial charge in [0.05, 0.1) is 10.7 Å². The van der Waals surface area contributed by atoms with Crippen LogP contribution in [0, 0.1) is 11.3 Å². The van der Waals surface area contributed by atoms with Crippen LogP contribution in [0.25, 0.3) is 0 Å². The van der Waals surface area contributed by atoms with Crippen molar-refractivity contribution < 1.29 is 9.53 Å². The summed E-state index contributed by atoms with van der Waals surface area (Å²) in [4.78, 5) is 11.5. The smallest absolute Gasteiger partial charge is 0.313 e. The van der Waals surface area contributed by atoms with E-state index in [4.69, 9.17) is 4.74 Å². The number of carbonyl (C=O) groups is 1. The molecule has 66 valence electrons. The van der Waals surface area contributed by atoms with Gasteiger partial charge < -0.3 is 4.74 Å². The Morgan fingerprint density at radius 2 is 2.42 bits per heavy atom. The largest absolute Gasteiger partial charge is 0.460 e. The van der Waals surface area contributed by atoms with Crippen LogP contribution in [0.15, 0.2) is 0 Å². The maximum Gasteiger partial charge on any atom is 0.313 e. The number of hydrogen-bond acceptors (Lipinski definition) is 3. The van der Waals surface area contributed by atoms with Gasteiger partial charge in [-0.05, 0) is 13.3 Å². The van der Waals surface area contributed by atoms with E-state index in [2.05, 4.69) is 13.8 Å². The van der Waals surface area contributed by atoms with Crippen LogP contribution in [-0.2, 0) is 9.53 Å². The predicted molar refractivity (Wildman–Crippen MR) is 46.9 cm³/mol. The van der Waals surface area contributed by atoms with Crippen LogP contribution in [0.2, 0.25) is 0 Å². The average Bonchev–Trinajstić information content (AvgIpc) is 2.53. The maximum atomic E-state index is 11.5. The second kappa shape index (κ2) is 1.84. The predicted octanol–water partition coefficient (Wildman–Crippen LogP) is 1.44. The van der Waals surface area contributed by atoms with Crippen molar-refractivity contribution in [3.05, 3.63) is 0 Å². The second-order valence-electron chi connectivity index (χ2n) is 4.45. The quantitative estimate of drug-likeness (QED) is 0.533. The van der Waals surface area contributed by atoms with Gasteiger partial charge in [0.15, 0.2) is 0 Å². The zero-order valence-electron chi connectivity index (χ0n) is 7.24. The molecule has 0 radical (unpaired) electrons. The van der Waals surface area contributed by atoms with Gasteiger partial charge in [-0.15, -0.1) is 11.8 Å². The molecule has 0 aromatic carbocycles. The summed E-state index contributed by atoms with van der Waals surface area (Å²) < 4.78 is 5.39. The molecule has 0 aliphatic carbocycles. The van der Waals surface area contributed by atoms with Gasteiger partial charge in [0.25, 0.3) is 0 Å². The molecule has 3 rings (SSSR count). The average molecular weight is 184 g/mol. The molecule has 2 bridgehead atoms. The third-order valence-electron chi connectivity index (χ3n) is 3.69. The molecule has 12 heavy (non-hydrogen) atoms. The minimum absolute atomic E-state index is 0.0526. The van der Waals surface area contributed by atoms with Crippen LogP contribution in [0.3, 0.4) is 0 Å². The standard InChI is InChI=1S/C9H12O2S/c1-4-5-3-9(2)7(12-5)6(4)11-8(9)10/h4-7H,3H2,1-2H3/t4-,5-,6?,7?,9-/m1/s1. The molecule has 3 aliphatic rings. The normalized spacial score (nSPS) is 61.0. The van der Waals surface area contributed by atoms with E-state index in [0.717, 1.165) is 6.42 Å². The zero-order chi connectivity index (χ0) is 8.51. The minimum atomic E-state index is -0.132. The Hall–Kier alpha value is -0.180. The summed E-state index contributed by atoms with van der Waals surface area (Å²) >= 11 is 1.98. The van der Waals surface area contributed by atoms with E-state index in [9.17, 15) is 4.79 Å². The lowest BCUT2D eigenvalue weighted by atomic mass is 9.73. The monoisotopic (exact) mass is 184 g/mol. The molecular weight excluding hydrogens is 172 g/mol. The van der Waals surface area contributed by atoms with Crippen molar-refractivity contribution in [3.8, 4) is 0 Å². The Kier molecular flexibility index (Phi) is 1.11. The molecule has 2 unspecified atom stereocenters. The van der Waals surface area contributed by atoms with E-state index in [1.807, 2.05) is 11.8 Å². The first-order valence-corrected chi connectivity index (χ1v) is 5.44. The van der Waals surface area contributed by atoms with Gasteiger partial charge in [-0.2, -0.15) is 0 Å². The van der Waals surface area contributed by atoms with Crippen molar-refractivity contribution in [1.29, 1.82) is 0 Å². The number of esters is 1. The molecular formula is C9H12O2S. The molecule has 5 atom stereocenters. The van der Waals surface area contributed by atoms with E-state index < -0.39 is 0 Å². The van der Waals surface area contributed by atoms with Crippen molar-refractivity contribution >= 4 is 17.7 Å². The van der Waals surface area contributed by atoms with E-state index in [0.29, 0.717) is 16.4 Å². The third-order valence-corrected chi connectivity index (χ3v) is 5.71. The molecule has 0 aromatic rings. The minimum Gasteiger partial charge on any atom is -0.460 e. The summed E-state index contributed by atoms with van der Waals surface area (Å²) in [6, 6.07) is 0. The Bertz CT molecular complexity index is 265. The molecule has 0 N–H and O–H groups in total. The summed E-state index contributed by atoms with van der Waals surface area (Å²) in [5.41, 5.74) is -0.132. The Morgan fingerprint density at radius 3 is 3.00 bits per heavy atom. The molecule has 3 heteroatoms. The third kappa shape index (κ3) is 0.563. The number of ether oxygens (including phenoxy) is 1. The number of thioether (sulfide) groups is 1. The van der Waals surface area contributed by atoms with Gasteiger partial charge >= 0.3 is 5.97 Å². The van der Waals surface area contributed by atoms with E-state index in [1.165, 1.54) is 0 Å². The lowest BCUT2D eigenvalue weighted by Crippen LogP contribution is -2.36. The second-order valence-corrected chi connectivity index (χ2v) is 5.83. The summed E-state index contributed by atoms with van der Waals surface area (Å²) in [7, 11) is 0. The maximum absolute atomic E-state index is 11.5.